The number of halogens is 12. The lowest BCUT2D eigenvalue weighted by Crippen LogP contribution is -2.75. The quantitative estimate of drug-likeness (QED) is 0.417. The van der Waals surface area contributed by atoms with Crippen molar-refractivity contribution in [1.82, 2.24) is 0 Å². The number of carbonyl (C=O) groups is 1. The summed E-state index contributed by atoms with van der Waals surface area (Å²) in [5, 5.41) is 9.34. The van der Waals surface area contributed by atoms with E-state index in [1.54, 1.807) is 13.8 Å². The summed E-state index contributed by atoms with van der Waals surface area (Å²) >= 11 is 0. The van der Waals surface area contributed by atoms with E-state index in [-0.39, 0.29) is 30.6 Å². The monoisotopic (exact) mass is 526 g/mol. The second-order valence-electron chi connectivity index (χ2n) is 9.12. The molecule has 16 heteroatoms. The second-order valence-corrected chi connectivity index (χ2v) is 9.12. The highest BCUT2D eigenvalue weighted by molar-refractivity contribution is 5.74. The van der Waals surface area contributed by atoms with E-state index in [1.165, 1.54) is 0 Å². The highest BCUT2D eigenvalue weighted by atomic mass is 19.4. The summed E-state index contributed by atoms with van der Waals surface area (Å²) in [4.78, 5) is 12.6. The third-order valence-electron chi connectivity index (χ3n) is 7.53. The van der Waals surface area contributed by atoms with Crippen molar-refractivity contribution in [3.63, 3.8) is 0 Å². The molecule has 7 unspecified atom stereocenters. The average Bonchev–Trinajstić information content (AvgIpc) is 3.28. The molecule has 0 aromatic carbocycles. The molecule has 0 amide bonds. The van der Waals surface area contributed by atoms with Gasteiger partial charge >= 0.3 is 41.9 Å². The second kappa shape index (κ2) is 7.29. The third kappa shape index (κ3) is 3.11. The zero-order valence-corrected chi connectivity index (χ0v) is 17.2. The molecule has 3 fully saturated rings. The molecule has 1 heterocycles. The first-order chi connectivity index (χ1) is 15.0. The van der Waals surface area contributed by atoms with E-state index >= 15 is 0 Å². The van der Waals surface area contributed by atoms with Gasteiger partial charge in [-0.2, -0.15) is 52.7 Å². The smallest absolute Gasteiger partial charge is 0.443 e. The molecule has 1 aliphatic heterocycles. The van der Waals surface area contributed by atoms with Gasteiger partial charge in [-0.25, -0.2) is 0 Å². The number of fused-ring (bicyclic) bond motifs is 2. The zero-order chi connectivity index (χ0) is 26.5. The van der Waals surface area contributed by atoms with Gasteiger partial charge in [0, 0.05) is 0 Å². The Labute approximate surface area is 183 Å². The third-order valence-corrected chi connectivity index (χ3v) is 7.53. The van der Waals surface area contributed by atoms with E-state index in [0.29, 0.717) is 0 Å². The van der Waals surface area contributed by atoms with Crippen molar-refractivity contribution >= 4 is 5.97 Å². The molecule has 0 spiro atoms. The van der Waals surface area contributed by atoms with Gasteiger partial charge in [0.15, 0.2) is 0 Å². The lowest BCUT2D eigenvalue weighted by molar-refractivity contribution is -0.436. The molecule has 0 aromatic heterocycles. The van der Waals surface area contributed by atoms with Crippen LogP contribution in [0.4, 0.5) is 52.7 Å². The molecule has 0 radical (unpaired) electrons. The number of aliphatic hydroxyl groups is 1. The first kappa shape index (κ1) is 27.1. The van der Waals surface area contributed by atoms with Crippen molar-refractivity contribution in [3.8, 4) is 0 Å². The Morgan fingerprint density at radius 2 is 1.47 bits per heavy atom. The van der Waals surface area contributed by atoms with Crippen molar-refractivity contribution in [2.45, 2.75) is 68.2 Å². The van der Waals surface area contributed by atoms with Gasteiger partial charge in [0.05, 0.1) is 5.92 Å². The van der Waals surface area contributed by atoms with Crippen molar-refractivity contribution in [2.24, 2.45) is 29.6 Å². The van der Waals surface area contributed by atoms with Crippen LogP contribution in [-0.2, 0) is 14.3 Å². The Kier molecular flexibility index (Phi) is 5.82. The maximum atomic E-state index is 14.8. The van der Waals surface area contributed by atoms with Crippen LogP contribution in [0.3, 0.4) is 0 Å². The van der Waals surface area contributed by atoms with Gasteiger partial charge in [0.25, 0.3) is 5.60 Å². The zero-order valence-electron chi connectivity index (χ0n) is 17.2. The average molecular weight is 526 g/mol. The normalized spacial score (nSPS) is 40.6. The van der Waals surface area contributed by atoms with E-state index in [2.05, 4.69) is 9.47 Å². The molecule has 34 heavy (non-hydrogen) atoms. The Hall–Kier alpha value is -1.45. The maximum Gasteiger partial charge on any atom is 0.460 e. The van der Waals surface area contributed by atoms with Crippen LogP contribution >= 0.6 is 0 Å². The summed E-state index contributed by atoms with van der Waals surface area (Å²) < 4.78 is 171. The molecule has 2 bridgehead atoms. The number of hydrogen-bond acceptors (Lipinski definition) is 4. The molecule has 2 aliphatic carbocycles. The summed E-state index contributed by atoms with van der Waals surface area (Å²) in [7, 11) is 0. The number of hydrogen-bond donors (Lipinski definition) is 1. The Balaban J connectivity index is 2.12. The van der Waals surface area contributed by atoms with Crippen LogP contribution in [0, 0.1) is 29.6 Å². The molecule has 7 atom stereocenters. The largest absolute Gasteiger partial charge is 0.460 e. The SMILES string of the molecule is CC1C2CC(C(=O)OC3(C(F)(F)C(F)(F)C(F)(F)F)COC(O)(C(F)(F)F)C3(F)F)C(C2)C1C. The minimum Gasteiger partial charge on any atom is -0.443 e. The van der Waals surface area contributed by atoms with Gasteiger partial charge in [-0.15, -0.1) is 0 Å². The van der Waals surface area contributed by atoms with Gasteiger partial charge < -0.3 is 14.6 Å². The van der Waals surface area contributed by atoms with E-state index in [1.807, 2.05) is 0 Å². The highest BCUT2D eigenvalue weighted by Gasteiger charge is 2.95. The van der Waals surface area contributed by atoms with Gasteiger partial charge in [-0.1, -0.05) is 13.8 Å². The predicted octanol–water partition coefficient (Wildman–Crippen LogP) is 4.95. The lowest BCUT2D eigenvalue weighted by atomic mass is 9.75. The molecule has 198 valence electrons. The van der Waals surface area contributed by atoms with Crippen LogP contribution in [0.15, 0.2) is 0 Å². The summed E-state index contributed by atoms with van der Waals surface area (Å²) in [6.07, 6.45) is -13.9. The molecule has 3 aliphatic rings. The Bertz CT molecular complexity index is 838. The van der Waals surface area contributed by atoms with E-state index in [9.17, 15) is 62.6 Å². The number of alkyl halides is 12. The van der Waals surface area contributed by atoms with E-state index in [4.69, 9.17) is 0 Å². The number of ether oxygens (including phenoxy) is 2. The van der Waals surface area contributed by atoms with Gasteiger partial charge in [-0.05, 0) is 36.5 Å². The van der Waals surface area contributed by atoms with Crippen LogP contribution < -0.4 is 0 Å². The summed E-state index contributed by atoms with van der Waals surface area (Å²) in [5.41, 5.74) is -5.85. The lowest BCUT2D eigenvalue weighted by Gasteiger charge is -2.44. The molecule has 2 saturated carbocycles. The molecule has 0 aromatic rings. The first-order valence-electron chi connectivity index (χ1n) is 9.86. The van der Waals surface area contributed by atoms with Gasteiger partial charge in [-0.3, -0.25) is 4.79 Å². The molecule has 4 nitrogen and oxygen atoms in total. The topological polar surface area (TPSA) is 55.8 Å². The summed E-state index contributed by atoms with van der Waals surface area (Å²) in [6.45, 7) is 0.332. The first-order valence-corrected chi connectivity index (χ1v) is 9.86. The number of carbonyl (C=O) groups excluding carboxylic acids is 1. The van der Waals surface area contributed by atoms with Crippen LogP contribution in [-0.4, -0.2) is 59.2 Å². The van der Waals surface area contributed by atoms with Crippen LogP contribution in [0.1, 0.15) is 26.7 Å². The minimum atomic E-state index is -7.42. The highest BCUT2D eigenvalue weighted by Crippen LogP contribution is 2.65. The van der Waals surface area contributed by atoms with E-state index < -0.39 is 65.9 Å². The molecular weight excluding hydrogens is 508 g/mol. The molecule has 1 saturated heterocycles. The minimum absolute atomic E-state index is 0.0365. The van der Waals surface area contributed by atoms with Crippen molar-refractivity contribution in [1.29, 1.82) is 0 Å². The fourth-order valence-corrected chi connectivity index (χ4v) is 5.26. The van der Waals surface area contributed by atoms with Crippen LogP contribution in [0.2, 0.25) is 0 Å². The number of rotatable bonds is 4. The van der Waals surface area contributed by atoms with Gasteiger partial charge in [0.2, 0.25) is 0 Å². The van der Waals surface area contributed by atoms with Gasteiger partial charge in [0.1, 0.15) is 6.61 Å². The van der Waals surface area contributed by atoms with Crippen molar-refractivity contribution in [2.75, 3.05) is 6.61 Å². The fourth-order valence-electron chi connectivity index (χ4n) is 5.26. The van der Waals surface area contributed by atoms with Crippen molar-refractivity contribution < 1.29 is 72.1 Å². The maximum absolute atomic E-state index is 14.8. The van der Waals surface area contributed by atoms with Crippen LogP contribution in [0.5, 0.6) is 0 Å². The Morgan fingerprint density at radius 3 is 1.85 bits per heavy atom. The molecule has 1 N–H and O–H groups in total. The summed E-state index contributed by atoms with van der Waals surface area (Å²) in [6, 6.07) is 0. The standard InChI is InChI=1S/C18H18F12O4/c1-6-7(2)9-3-8(6)4-10(9)11(31)34-12(13(19,20)15(23,24)17(25,26)27)5-33-16(32,14(12,21)22)18(28,29)30/h6-10,32H,3-5H2,1-2H3. The fraction of sp³-hybridized carbons (Fsp3) is 0.944. The summed E-state index contributed by atoms with van der Waals surface area (Å²) in [5.74, 6) is -32.3. The van der Waals surface area contributed by atoms with Crippen molar-refractivity contribution in [3.05, 3.63) is 0 Å². The number of esters is 1. The Morgan fingerprint density at radius 1 is 0.941 bits per heavy atom. The molecule has 3 rings (SSSR count). The van der Waals surface area contributed by atoms with E-state index in [0.717, 1.165) is 0 Å². The predicted molar refractivity (Wildman–Crippen MR) is 84.7 cm³/mol. The van der Waals surface area contributed by atoms with Crippen LogP contribution in [0.25, 0.3) is 0 Å². The molecular formula is C18H18F12O4.